The Labute approximate surface area is 124 Å². The van der Waals surface area contributed by atoms with E-state index in [1.165, 1.54) is 57.8 Å². The van der Waals surface area contributed by atoms with E-state index in [9.17, 15) is 0 Å². The second-order valence-electron chi connectivity index (χ2n) is 5.58. The minimum absolute atomic E-state index is 0.115. The highest BCUT2D eigenvalue weighted by Gasteiger charge is 2.03. The molecule has 0 aliphatic carbocycles. The standard InChI is InChI=1S/C16H35NO3/c1-3-4-5-6-7-8-9-10-11-12-13-20-15(2)17-14-16(18)19/h15-19H,3-14H2,1-2H3. The Morgan fingerprint density at radius 2 is 1.35 bits per heavy atom. The molecule has 0 fully saturated rings. The predicted molar refractivity (Wildman–Crippen MR) is 83.5 cm³/mol. The number of hydrogen-bond acceptors (Lipinski definition) is 4. The second kappa shape index (κ2) is 15.2. The van der Waals surface area contributed by atoms with E-state index < -0.39 is 6.29 Å². The minimum atomic E-state index is -1.31. The summed E-state index contributed by atoms with van der Waals surface area (Å²) >= 11 is 0. The van der Waals surface area contributed by atoms with Gasteiger partial charge in [0, 0.05) is 13.2 Å². The molecule has 0 amide bonds. The topological polar surface area (TPSA) is 61.7 Å². The fourth-order valence-corrected chi connectivity index (χ4v) is 2.18. The highest BCUT2D eigenvalue weighted by molar-refractivity contribution is 4.51. The summed E-state index contributed by atoms with van der Waals surface area (Å²) in [5.74, 6) is 0. The quantitative estimate of drug-likeness (QED) is 0.320. The summed E-state index contributed by atoms with van der Waals surface area (Å²) in [5, 5.41) is 20.3. The molecular formula is C16H35NO3. The van der Waals surface area contributed by atoms with Gasteiger partial charge in [-0.15, -0.1) is 0 Å². The molecule has 0 aliphatic rings. The molecule has 0 saturated heterocycles. The van der Waals surface area contributed by atoms with Crippen LogP contribution >= 0.6 is 0 Å². The molecule has 0 aromatic rings. The smallest absolute Gasteiger partial charge is 0.164 e. The Morgan fingerprint density at radius 3 is 1.85 bits per heavy atom. The van der Waals surface area contributed by atoms with Gasteiger partial charge in [0.25, 0.3) is 0 Å². The Bertz CT molecular complexity index is 189. The average molecular weight is 289 g/mol. The van der Waals surface area contributed by atoms with Crippen LogP contribution in [0.5, 0.6) is 0 Å². The van der Waals surface area contributed by atoms with Crippen molar-refractivity contribution < 1.29 is 14.9 Å². The molecule has 0 bridgehead atoms. The Hall–Kier alpha value is -0.160. The molecule has 0 radical (unpaired) electrons. The summed E-state index contributed by atoms with van der Waals surface area (Å²) in [4.78, 5) is 0. The van der Waals surface area contributed by atoms with Crippen molar-refractivity contribution >= 4 is 0 Å². The van der Waals surface area contributed by atoms with Gasteiger partial charge in [0.2, 0.25) is 0 Å². The van der Waals surface area contributed by atoms with Crippen LogP contribution in [0, 0.1) is 0 Å². The van der Waals surface area contributed by atoms with Gasteiger partial charge in [-0.1, -0.05) is 64.7 Å². The van der Waals surface area contributed by atoms with E-state index >= 15 is 0 Å². The number of aliphatic hydroxyl groups is 2. The van der Waals surface area contributed by atoms with Gasteiger partial charge in [-0.3, -0.25) is 5.32 Å². The Morgan fingerprint density at radius 1 is 0.850 bits per heavy atom. The maximum absolute atomic E-state index is 8.70. The number of aliphatic hydroxyl groups excluding tert-OH is 1. The van der Waals surface area contributed by atoms with Gasteiger partial charge in [0.15, 0.2) is 6.29 Å². The molecule has 0 saturated carbocycles. The first-order valence-electron chi connectivity index (χ1n) is 8.38. The normalized spacial score (nSPS) is 13.1. The molecular weight excluding hydrogens is 254 g/mol. The first-order valence-corrected chi connectivity index (χ1v) is 8.38. The van der Waals surface area contributed by atoms with Crippen molar-refractivity contribution in [3.8, 4) is 0 Å². The number of nitrogens with one attached hydrogen (secondary N) is 1. The van der Waals surface area contributed by atoms with Gasteiger partial charge >= 0.3 is 0 Å². The minimum Gasteiger partial charge on any atom is -0.367 e. The van der Waals surface area contributed by atoms with Gasteiger partial charge in [-0.25, -0.2) is 0 Å². The van der Waals surface area contributed by atoms with Crippen LogP contribution in [0.25, 0.3) is 0 Å². The molecule has 0 aromatic heterocycles. The van der Waals surface area contributed by atoms with Gasteiger partial charge in [-0.05, 0) is 13.3 Å². The van der Waals surface area contributed by atoms with E-state index in [0.717, 1.165) is 13.0 Å². The zero-order chi connectivity index (χ0) is 15.1. The van der Waals surface area contributed by atoms with Crippen LogP contribution in [0.15, 0.2) is 0 Å². The van der Waals surface area contributed by atoms with Gasteiger partial charge in [0.1, 0.15) is 6.23 Å². The fraction of sp³-hybridized carbons (Fsp3) is 1.00. The van der Waals surface area contributed by atoms with Gasteiger partial charge in [0.05, 0.1) is 0 Å². The average Bonchev–Trinajstić information content (AvgIpc) is 2.42. The van der Waals surface area contributed by atoms with E-state index in [1.807, 2.05) is 6.92 Å². The maximum atomic E-state index is 8.70. The highest BCUT2D eigenvalue weighted by atomic mass is 16.5. The molecule has 0 rings (SSSR count). The van der Waals surface area contributed by atoms with Crippen molar-refractivity contribution in [3.63, 3.8) is 0 Å². The summed E-state index contributed by atoms with van der Waals surface area (Å²) in [5.41, 5.74) is 0. The third kappa shape index (κ3) is 15.9. The molecule has 1 atom stereocenters. The largest absolute Gasteiger partial charge is 0.367 e. The van der Waals surface area contributed by atoms with Crippen LogP contribution < -0.4 is 5.32 Å². The van der Waals surface area contributed by atoms with E-state index in [-0.39, 0.29) is 12.8 Å². The van der Waals surface area contributed by atoms with E-state index in [1.54, 1.807) is 0 Å². The molecule has 0 aliphatic heterocycles. The van der Waals surface area contributed by atoms with Crippen molar-refractivity contribution in [2.45, 2.75) is 90.6 Å². The molecule has 0 spiro atoms. The Kier molecular flexibility index (Phi) is 15.1. The van der Waals surface area contributed by atoms with Crippen LogP contribution in [0.4, 0.5) is 0 Å². The molecule has 20 heavy (non-hydrogen) atoms. The van der Waals surface area contributed by atoms with Crippen LogP contribution in [0.3, 0.4) is 0 Å². The first-order chi connectivity index (χ1) is 9.66. The summed E-state index contributed by atoms with van der Waals surface area (Å²) in [6, 6.07) is 0. The third-order valence-corrected chi connectivity index (χ3v) is 3.45. The summed E-state index contributed by atoms with van der Waals surface area (Å²) in [7, 11) is 0. The lowest BCUT2D eigenvalue weighted by Gasteiger charge is -2.15. The van der Waals surface area contributed by atoms with Crippen molar-refractivity contribution in [3.05, 3.63) is 0 Å². The lowest BCUT2D eigenvalue weighted by atomic mass is 10.1. The number of unbranched alkanes of at least 4 members (excludes halogenated alkanes) is 9. The second-order valence-corrected chi connectivity index (χ2v) is 5.58. The lowest BCUT2D eigenvalue weighted by molar-refractivity contribution is -0.0528. The lowest BCUT2D eigenvalue weighted by Crippen LogP contribution is -2.35. The SMILES string of the molecule is CCCCCCCCCCCCOC(C)NCC(O)O. The van der Waals surface area contributed by atoms with E-state index in [0.29, 0.717) is 0 Å². The van der Waals surface area contributed by atoms with Crippen LogP contribution in [0.2, 0.25) is 0 Å². The number of hydrogen-bond donors (Lipinski definition) is 3. The molecule has 4 nitrogen and oxygen atoms in total. The molecule has 3 N–H and O–H groups in total. The zero-order valence-corrected chi connectivity index (χ0v) is 13.4. The van der Waals surface area contributed by atoms with Crippen molar-refractivity contribution in [1.82, 2.24) is 5.32 Å². The molecule has 0 heterocycles. The number of rotatable bonds is 15. The molecule has 0 aromatic carbocycles. The first kappa shape index (κ1) is 19.8. The summed E-state index contributed by atoms with van der Waals surface area (Å²) in [6.45, 7) is 5.04. The Balaban J connectivity index is 3.09. The number of ether oxygens (including phenoxy) is 1. The summed E-state index contributed by atoms with van der Waals surface area (Å²) in [6.07, 6.45) is 11.8. The van der Waals surface area contributed by atoms with Gasteiger partial charge in [-0.2, -0.15) is 0 Å². The molecule has 122 valence electrons. The van der Waals surface area contributed by atoms with Gasteiger partial charge < -0.3 is 14.9 Å². The zero-order valence-electron chi connectivity index (χ0n) is 13.4. The highest BCUT2D eigenvalue weighted by Crippen LogP contribution is 2.10. The van der Waals surface area contributed by atoms with Crippen LogP contribution in [0.1, 0.15) is 78.1 Å². The van der Waals surface area contributed by atoms with Crippen LogP contribution in [-0.4, -0.2) is 35.9 Å². The van der Waals surface area contributed by atoms with E-state index in [4.69, 9.17) is 14.9 Å². The van der Waals surface area contributed by atoms with Crippen molar-refractivity contribution in [2.75, 3.05) is 13.2 Å². The predicted octanol–water partition coefficient (Wildman–Crippen LogP) is 3.17. The van der Waals surface area contributed by atoms with E-state index in [2.05, 4.69) is 12.2 Å². The third-order valence-electron chi connectivity index (χ3n) is 3.45. The van der Waals surface area contributed by atoms with Crippen molar-refractivity contribution in [1.29, 1.82) is 0 Å². The fourth-order valence-electron chi connectivity index (χ4n) is 2.18. The maximum Gasteiger partial charge on any atom is 0.164 e. The van der Waals surface area contributed by atoms with Crippen molar-refractivity contribution in [2.24, 2.45) is 0 Å². The summed E-state index contributed by atoms with van der Waals surface area (Å²) < 4.78 is 5.53. The molecule has 4 heteroatoms. The van der Waals surface area contributed by atoms with Crippen LogP contribution in [-0.2, 0) is 4.74 Å². The monoisotopic (exact) mass is 289 g/mol. The molecule has 1 unspecified atom stereocenters.